The first kappa shape index (κ1) is 11.1. The fourth-order valence-electron chi connectivity index (χ4n) is 2.10. The molecule has 1 aliphatic heterocycles. The van der Waals surface area contributed by atoms with Crippen LogP contribution in [0.2, 0.25) is 0 Å². The summed E-state index contributed by atoms with van der Waals surface area (Å²) in [7, 11) is 0. The standard InChI is InChI=1S/C13H16O3/c1-2-15-12(14)13(9-6-10-16-13)11-7-4-3-5-8-11/h3-5,7-8H,2,6,9-10H2,1H3. The van der Waals surface area contributed by atoms with Crippen molar-refractivity contribution in [1.82, 2.24) is 0 Å². The van der Waals surface area contributed by atoms with Crippen LogP contribution in [-0.2, 0) is 19.9 Å². The van der Waals surface area contributed by atoms with Gasteiger partial charge < -0.3 is 9.47 Å². The first-order valence-electron chi connectivity index (χ1n) is 5.66. The van der Waals surface area contributed by atoms with Gasteiger partial charge in [-0.25, -0.2) is 4.79 Å². The van der Waals surface area contributed by atoms with Gasteiger partial charge in [-0.15, -0.1) is 0 Å². The molecule has 1 unspecified atom stereocenters. The van der Waals surface area contributed by atoms with Gasteiger partial charge in [-0.2, -0.15) is 0 Å². The SMILES string of the molecule is CCOC(=O)C1(c2ccccc2)CCCO1. The summed E-state index contributed by atoms with van der Waals surface area (Å²) in [5.41, 5.74) is 0.0306. The molecule has 0 radical (unpaired) electrons. The lowest BCUT2D eigenvalue weighted by Gasteiger charge is -2.26. The highest BCUT2D eigenvalue weighted by molar-refractivity contribution is 5.81. The van der Waals surface area contributed by atoms with Crippen LogP contribution in [0.15, 0.2) is 30.3 Å². The molecule has 0 N–H and O–H groups in total. The van der Waals surface area contributed by atoms with Gasteiger partial charge in [0, 0.05) is 6.61 Å². The highest BCUT2D eigenvalue weighted by Gasteiger charge is 2.45. The summed E-state index contributed by atoms with van der Waals surface area (Å²) in [6.07, 6.45) is 1.60. The number of rotatable bonds is 3. The summed E-state index contributed by atoms with van der Waals surface area (Å²) in [4.78, 5) is 12.0. The molecule has 0 aromatic heterocycles. The third-order valence-electron chi connectivity index (χ3n) is 2.87. The fourth-order valence-corrected chi connectivity index (χ4v) is 2.10. The molecule has 1 heterocycles. The van der Waals surface area contributed by atoms with Crippen molar-refractivity contribution in [2.75, 3.05) is 13.2 Å². The molecule has 1 atom stereocenters. The van der Waals surface area contributed by atoms with E-state index in [0.717, 1.165) is 12.0 Å². The van der Waals surface area contributed by atoms with Crippen molar-refractivity contribution in [3.63, 3.8) is 0 Å². The zero-order valence-corrected chi connectivity index (χ0v) is 9.44. The van der Waals surface area contributed by atoms with Gasteiger partial charge in [-0.3, -0.25) is 0 Å². The summed E-state index contributed by atoms with van der Waals surface area (Å²) in [6.45, 7) is 2.82. The molecule has 86 valence electrons. The Morgan fingerprint density at radius 1 is 1.44 bits per heavy atom. The van der Waals surface area contributed by atoms with Crippen LogP contribution in [-0.4, -0.2) is 19.2 Å². The van der Waals surface area contributed by atoms with E-state index < -0.39 is 5.60 Å². The van der Waals surface area contributed by atoms with E-state index in [9.17, 15) is 4.79 Å². The van der Waals surface area contributed by atoms with Crippen molar-refractivity contribution < 1.29 is 14.3 Å². The molecule has 0 saturated carbocycles. The second-order valence-electron chi connectivity index (χ2n) is 3.87. The van der Waals surface area contributed by atoms with E-state index in [-0.39, 0.29) is 5.97 Å². The van der Waals surface area contributed by atoms with Crippen LogP contribution in [0.3, 0.4) is 0 Å². The lowest BCUT2D eigenvalue weighted by atomic mass is 9.91. The summed E-state index contributed by atoms with van der Waals surface area (Å²) >= 11 is 0. The predicted molar refractivity (Wildman–Crippen MR) is 59.9 cm³/mol. The average Bonchev–Trinajstić information content (AvgIpc) is 2.81. The number of hydrogen-bond acceptors (Lipinski definition) is 3. The molecule has 1 aromatic carbocycles. The smallest absolute Gasteiger partial charge is 0.343 e. The highest BCUT2D eigenvalue weighted by Crippen LogP contribution is 2.37. The molecular formula is C13H16O3. The van der Waals surface area contributed by atoms with Crippen molar-refractivity contribution in [1.29, 1.82) is 0 Å². The summed E-state index contributed by atoms with van der Waals surface area (Å²) in [5, 5.41) is 0. The second kappa shape index (κ2) is 4.66. The van der Waals surface area contributed by atoms with Crippen LogP contribution < -0.4 is 0 Å². The zero-order chi connectivity index (χ0) is 11.4. The third kappa shape index (κ3) is 1.83. The molecule has 1 aliphatic rings. The largest absolute Gasteiger partial charge is 0.464 e. The van der Waals surface area contributed by atoms with Gasteiger partial charge >= 0.3 is 5.97 Å². The average molecular weight is 220 g/mol. The lowest BCUT2D eigenvalue weighted by Crippen LogP contribution is -2.36. The van der Waals surface area contributed by atoms with Crippen LogP contribution in [0.5, 0.6) is 0 Å². The van der Waals surface area contributed by atoms with Gasteiger partial charge in [-0.05, 0) is 25.3 Å². The van der Waals surface area contributed by atoms with Crippen LogP contribution in [0.25, 0.3) is 0 Å². The Labute approximate surface area is 95.4 Å². The molecule has 3 heteroatoms. The monoisotopic (exact) mass is 220 g/mol. The predicted octanol–water partition coefficient (Wildman–Crippen LogP) is 2.26. The van der Waals surface area contributed by atoms with Crippen LogP contribution in [0.4, 0.5) is 0 Å². The van der Waals surface area contributed by atoms with Crippen molar-refractivity contribution in [3.05, 3.63) is 35.9 Å². The molecule has 0 aliphatic carbocycles. The maximum Gasteiger partial charge on any atom is 0.343 e. The van der Waals surface area contributed by atoms with Gasteiger partial charge in [0.1, 0.15) is 0 Å². The van der Waals surface area contributed by atoms with E-state index in [1.165, 1.54) is 0 Å². The molecular weight excluding hydrogens is 204 g/mol. The number of ether oxygens (including phenoxy) is 2. The highest BCUT2D eigenvalue weighted by atomic mass is 16.6. The summed E-state index contributed by atoms with van der Waals surface area (Å²) < 4.78 is 10.8. The Morgan fingerprint density at radius 3 is 2.75 bits per heavy atom. The van der Waals surface area contributed by atoms with Crippen molar-refractivity contribution in [3.8, 4) is 0 Å². The van der Waals surface area contributed by atoms with Crippen molar-refractivity contribution in [2.45, 2.75) is 25.4 Å². The van der Waals surface area contributed by atoms with E-state index in [0.29, 0.717) is 19.6 Å². The maximum atomic E-state index is 12.0. The second-order valence-corrected chi connectivity index (χ2v) is 3.87. The molecule has 1 fully saturated rings. The minimum Gasteiger partial charge on any atom is -0.464 e. The molecule has 1 aromatic rings. The molecule has 0 amide bonds. The Balaban J connectivity index is 2.32. The minimum atomic E-state index is -0.864. The fraction of sp³-hybridized carbons (Fsp3) is 0.462. The van der Waals surface area contributed by atoms with Crippen molar-refractivity contribution >= 4 is 5.97 Å². The van der Waals surface area contributed by atoms with Crippen molar-refractivity contribution in [2.24, 2.45) is 0 Å². The quantitative estimate of drug-likeness (QED) is 0.733. The number of hydrogen-bond donors (Lipinski definition) is 0. The Bertz CT molecular complexity index is 353. The minimum absolute atomic E-state index is 0.265. The number of esters is 1. The Kier molecular flexibility index (Phi) is 3.25. The van der Waals surface area contributed by atoms with E-state index in [1.807, 2.05) is 37.3 Å². The normalized spacial score (nSPS) is 24.3. The van der Waals surface area contributed by atoms with E-state index in [1.54, 1.807) is 0 Å². The molecule has 16 heavy (non-hydrogen) atoms. The summed E-state index contributed by atoms with van der Waals surface area (Å²) in [5.74, 6) is -0.265. The van der Waals surface area contributed by atoms with Gasteiger partial charge in [0.2, 0.25) is 0 Å². The van der Waals surface area contributed by atoms with Crippen LogP contribution >= 0.6 is 0 Å². The van der Waals surface area contributed by atoms with Gasteiger partial charge in [-0.1, -0.05) is 30.3 Å². The molecule has 0 bridgehead atoms. The van der Waals surface area contributed by atoms with Gasteiger partial charge in [0.15, 0.2) is 5.60 Å². The van der Waals surface area contributed by atoms with Crippen LogP contribution in [0.1, 0.15) is 25.3 Å². The molecule has 1 saturated heterocycles. The Morgan fingerprint density at radius 2 is 2.19 bits per heavy atom. The summed E-state index contributed by atoms with van der Waals surface area (Å²) in [6, 6.07) is 9.60. The molecule has 3 nitrogen and oxygen atoms in total. The maximum absolute atomic E-state index is 12.0. The molecule has 0 spiro atoms. The zero-order valence-electron chi connectivity index (χ0n) is 9.44. The molecule has 2 rings (SSSR count). The topological polar surface area (TPSA) is 35.5 Å². The van der Waals surface area contributed by atoms with Gasteiger partial charge in [0.25, 0.3) is 0 Å². The number of carbonyl (C=O) groups excluding carboxylic acids is 1. The Hall–Kier alpha value is -1.35. The van der Waals surface area contributed by atoms with E-state index in [4.69, 9.17) is 9.47 Å². The van der Waals surface area contributed by atoms with E-state index in [2.05, 4.69) is 0 Å². The van der Waals surface area contributed by atoms with Crippen LogP contribution in [0, 0.1) is 0 Å². The first-order valence-corrected chi connectivity index (χ1v) is 5.66. The van der Waals surface area contributed by atoms with E-state index >= 15 is 0 Å². The lowest BCUT2D eigenvalue weighted by molar-refractivity contribution is -0.168. The first-order chi connectivity index (χ1) is 7.79. The van der Waals surface area contributed by atoms with Gasteiger partial charge in [0.05, 0.1) is 6.61 Å². The third-order valence-corrected chi connectivity index (χ3v) is 2.87. The number of benzene rings is 1. The number of carbonyl (C=O) groups is 1.